The molecule has 19 heavy (non-hydrogen) atoms. The summed E-state index contributed by atoms with van der Waals surface area (Å²) in [6.45, 7) is 2.18. The number of hydrogen-bond acceptors (Lipinski definition) is 2. The number of hydrogen-bond donors (Lipinski definition) is 1. The second-order valence-corrected chi connectivity index (χ2v) is 7.61. The number of nitrogens with one attached hydrogen (secondary N) is 1. The molecule has 110 valence electrons. The average Bonchev–Trinajstić information content (AvgIpc) is 3.08. The molecule has 3 saturated carbocycles. The van der Waals surface area contributed by atoms with E-state index in [4.69, 9.17) is 4.74 Å². The molecule has 0 aliphatic heterocycles. The van der Waals surface area contributed by atoms with Crippen LogP contribution in [0.25, 0.3) is 0 Å². The summed E-state index contributed by atoms with van der Waals surface area (Å²) in [4.78, 5) is 0. The number of ether oxygens (including phenoxy) is 1. The second kappa shape index (κ2) is 5.73. The van der Waals surface area contributed by atoms with E-state index in [1.54, 1.807) is 0 Å². The minimum Gasteiger partial charge on any atom is -0.385 e. The molecule has 1 N–H and O–H groups in total. The van der Waals surface area contributed by atoms with Gasteiger partial charge in [0.1, 0.15) is 0 Å². The molecule has 0 amide bonds. The highest BCUT2D eigenvalue weighted by Gasteiger charge is 2.43. The van der Waals surface area contributed by atoms with Gasteiger partial charge in [0.2, 0.25) is 0 Å². The Labute approximate surface area is 118 Å². The van der Waals surface area contributed by atoms with Gasteiger partial charge in [0.25, 0.3) is 0 Å². The maximum absolute atomic E-state index is 5.25. The van der Waals surface area contributed by atoms with Crippen molar-refractivity contribution in [3.05, 3.63) is 0 Å². The summed E-state index contributed by atoms with van der Waals surface area (Å²) in [5.74, 6) is 0. The van der Waals surface area contributed by atoms with Crippen LogP contribution in [0.5, 0.6) is 0 Å². The van der Waals surface area contributed by atoms with E-state index in [9.17, 15) is 0 Å². The maximum Gasteiger partial charge on any atom is 0.0468 e. The van der Waals surface area contributed by atoms with Gasteiger partial charge in [-0.1, -0.05) is 12.8 Å². The molecule has 3 aliphatic carbocycles. The zero-order valence-electron chi connectivity index (χ0n) is 12.7. The molecule has 0 radical (unpaired) electrons. The quantitative estimate of drug-likeness (QED) is 0.786. The summed E-state index contributed by atoms with van der Waals surface area (Å²) in [6, 6.07) is 0.811. The summed E-state index contributed by atoms with van der Waals surface area (Å²) >= 11 is 0. The summed E-state index contributed by atoms with van der Waals surface area (Å²) in [6.07, 6.45) is 16.0. The second-order valence-electron chi connectivity index (χ2n) is 7.61. The van der Waals surface area contributed by atoms with Crippen LogP contribution in [0.15, 0.2) is 0 Å². The third kappa shape index (κ3) is 3.33. The molecule has 0 aromatic heterocycles. The summed E-state index contributed by atoms with van der Waals surface area (Å²) in [5.41, 5.74) is 1.39. The van der Waals surface area contributed by atoms with Crippen LogP contribution >= 0.6 is 0 Å². The van der Waals surface area contributed by atoms with E-state index in [0.717, 1.165) is 18.1 Å². The minimum atomic E-state index is 0.610. The Morgan fingerprint density at radius 3 is 2.26 bits per heavy atom. The Morgan fingerprint density at radius 1 is 1.00 bits per heavy atom. The first-order chi connectivity index (χ1) is 9.26. The lowest BCUT2D eigenvalue weighted by Crippen LogP contribution is -2.39. The Balaban J connectivity index is 1.38. The monoisotopic (exact) mass is 265 g/mol. The van der Waals surface area contributed by atoms with Crippen LogP contribution < -0.4 is 5.32 Å². The molecule has 3 aliphatic rings. The van der Waals surface area contributed by atoms with Crippen molar-refractivity contribution < 1.29 is 4.74 Å². The smallest absolute Gasteiger partial charge is 0.0468 e. The number of rotatable bonds is 6. The van der Waals surface area contributed by atoms with Gasteiger partial charge in [-0.2, -0.15) is 0 Å². The Kier molecular flexibility index (Phi) is 4.19. The maximum atomic E-state index is 5.25. The molecule has 0 aromatic rings. The molecule has 3 fully saturated rings. The van der Waals surface area contributed by atoms with E-state index in [2.05, 4.69) is 5.32 Å². The summed E-state index contributed by atoms with van der Waals surface area (Å²) in [5, 5.41) is 3.88. The Morgan fingerprint density at radius 2 is 1.68 bits per heavy atom. The molecule has 1 spiro atoms. The topological polar surface area (TPSA) is 21.3 Å². The molecule has 0 saturated heterocycles. The minimum absolute atomic E-state index is 0.610. The Hall–Kier alpha value is -0.0800. The van der Waals surface area contributed by atoms with Crippen LogP contribution in [0.2, 0.25) is 0 Å². The van der Waals surface area contributed by atoms with Crippen molar-refractivity contribution in [2.24, 2.45) is 10.8 Å². The van der Waals surface area contributed by atoms with Crippen molar-refractivity contribution in [1.82, 2.24) is 5.32 Å². The summed E-state index contributed by atoms with van der Waals surface area (Å²) in [7, 11) is 1.83. The van der Waals surface area contributed by atoms with Crippen LogP contribution in [-0.2, 0) is 4.74 Å². The highest BCUT2D eigenvalue weighted by molar-refractivity contribution is 4.97. The average molecular weight is 265 g/mol. The zero-order valence-corrected chi connectivity index (χ0v) is 12.7. The molecule has 0 unspecified atom stereocenters. The van der Waals surface area contributed by atoms with Crippen molar-refractivity contribution in [3.8, 4) is 0 Å². The van der Waals surface area contributed by atoms with Crippen molar-refractivity contribution >= 4 is 0 Å². The van der Waals surface area contributed by atoms with E-state index < -0.39 is 0 Å². The van der Waals surface area contributed by atoms with Gasteiger partial charge in [-0.05, 0) is 68.6 Å². The molecule has 0 heterocycles. The van der Waals surface area contributed by atoms with Crippen LogP contribution in [0, 0.1) is 10.8 Å². The van der Waals surface area contributed by atoms with Gasteiger partial charge in [-0.3, -0.25) is 0 Å². The molecular weight excluding hydrogens is 234 g/mol. The fourth-order valence-corrected chi connectivity index (χ4v) is 4.43. The van der Waals surface area contributed by atoms with Gasteiger partial charge in [0.15, 0.2) is 0 Å². The van der Waals surface area contributed by atoms with Crippen molar-refractivity contribution in [2.45, 2.75) is 76.7 Å². The SMILES string of the molecule is COCCC1(CNC2CCC3(CCCC3)CC2)CC1. The first kappa shape index (κ1) is 13.9. The lowest BCUT2D eigenvalue weighted by molar-refractivity contribution is 0.153. The molecular formula is C17H31NO. The van der Waals surface area contributed by atoms with Crippen LogP contribution in [0.3, 0.4) is 0 Å². The van der Waals surface area contributed by atoms with Gasteiger partial charge in [-0.15, -0.1) is 0 Å². The first-order valence-corrected chi connectivity index (χ1v) is 8.48. The van der Waals surface area contributed by atoms with E-state index >= 15 is 0 Å². The van der Waals surface area contributed by atoms with Crippen LogP contribution in [-0.4, -0.2) is 26.3 Å². The van der Waals surface area contributed by atoms with E-state index in [1.807, 2.05) is 7.11 Å². The van der Waals surface area contributed by atoms with Crippen molar-refractivity contribution in [3.63, 3.8) is 0 Å². The highest BCUT2D eigenvalue weighted by atomic mass is 16.5. The predicted octanol–water partition coefficient (Wildman–Crippen LogP) is 3.90. The van der Waals surface area contributed by atoms with Gasteiger partial charge < -0.3 is 10.1 Å². The molecule has 0 bridgehead atoms. The lowest BCUT2D eigenvalue weighted by Gasteiger charge is -2.38. The molecule has 0 atom stereocenters. The van der Waals surface area contributed by atoms with Gasteiger partial charge in [0.05, 0.1) is 0 Å². The van der Waals surface area contributed by atoms with Crippen LogP contribution in [0.1, 0.15) is 70.6 Å². The van der Waals surface area contributed by atoms with E-state index in [0.29, 0.717) is 5.41 Å². The standard InChI is InChI=1S/C17H31NO/c1-19-13-12-17(10-11-17)14-18-15-4-8-16(9-5-15)6-2-3-7-16/h15,18H,2-14H2,1H3. The highest BCUT2D eigenvalue weighted by Crippen LogP contribution is 2.50. The Bertz CT molecular complexity index is 282. The van der Waals surface area contributed by atoms with Crippen LogP contribution in [0.4, 0.5) is 0 Å². The zero-order chi connectivity index (χ0) is 13.2. The fourth-order valence-electron chi connectivity index (χ4n) is 4.43. The molecule has 3 rings (SSSR count). The van der Waals surface area contributed by atoms with Gasteiger partial charge in [0, 0.05) is 26.3 Å². The van der Waals surface area contributed by atoms with Gasteiger partial charge >= 0.3 is 0 Å². The third-order valence-electron chi connectivity index (χ3n) is 6.27. The summed E-state index contributed by atoms with van der Waals surface area (Å²) < 4.78 is 5.25. The largest absolute Gasteiger partial charge is 0.385 e. The van der Waals surface area contributed by atoms with E-state index in [1.165, 1.54) is 77.2 Å². The molecule has 2 heteroatoms. The fraction of sp³-hybridized carbons (Fsp3) is 1.00. The lowest BCUT2D eigenvalue weighted by atomic mass is 9.71. The molecule has 2 nitrogen and oxygen atoms in total. The predicted molar refractivity (Wildman–Crippen MR) is 79.3 cm³/mol. The normalized spacial score (nSPS) is 28.9. The first-order valence-electron chi connectivity index (χ1n) is 8.48. The van der Waals surface area contributed by atoms with E-state index in [-0.39, 0.29) is 0 Å². The third-order valence-corrected chi connectivity index (χ3v) is 6.27. The molecule has 0 aromatic carbocycles. The number of methoxy groups -OCH3 is 1. The van der Waals surface area contributed by atoms with Gasteiger partial charge in [-0.25, -0.2) is 0 Å². The van der Waals surface area contributed by atoms with Crippen molar-refractivity contribution in [1.29, 1.82) is 0 Å². The van der Waals surface area contributed by atoms with Crippen molar-refractivity contribution in [2.75, 3.05) is 20.3 Å².